The Hall–Kier alpha value is -3.90. The second kappa shape index (κ2) is 9.38. The summed E-state index contributed by atoms with van der Waals surface area (Å²) in [5.74, 6) is 1.81. The molecule has 1 spiro atoms. The normalized spacial score (nSPS) is 23.0. The Morgan fingerprint density at radius 1 is 1.05 bits per heavy atom. The van der Waals surface area contributed by atoms with Crippen LogP contribution in [-0.2, 0) is 16.6 Å². The third-order valence-electron chi connectivity index (χ3n) is 9.12. The molecule has 2 fully saturated rings. The van der Waals surface area contributed by atoms with Crippen LogP contribution in [0.4, 0.5) is 5.69 Å². The van der Waals surface area contributed by atoms with Gasteiger partial charge in [0.2, 0.25) is 5.91 Å². The lowest BCUT2D eigenvalue weighted by Gasteiger charge is -2.28. The summed E-state index contributed by atoms with van der Waals surface area (Å²) < 4.78 is 5.43. The summed E-state index contributed by atoms with van der Waals surface area (Å²) in [5, 5.41) is 12.0. The molecule has 2 aliphatic heterocycles. The van der Waals surface area contributed by atoms with Gasteiger partial charge in [-0.1, -0.05) is 42.5 Å². The molecule has 2 atom stereocenters. The van der Waals surface area contributed by atoms with Gasteiger partial charge in [0.25, 0.3) is 0 Å². The van der Waals surface area contributed by atoms with Crippen LogP contribution in [0, 0.1) is 5.92 Å². The first kappa shape index (κ1) is 24.2. The van der Waals surface area contributed by atoms with Crippen LogP contribution < -0.4 is 10.1 Å². The SMILES string of the molecule is COc1ccc2c(c1)[C@]1(C[C@H]1c1ccc3c(C=Cc4ccc(CC5CCN(C)CC5)cc4)n[nH]c3c1)C(=O)N2. The van der Waals surface area contributed by atoms with Crippen LogP contribution >= 0.6 is 0 Å². The Morgan fingerprint density at radius 2 is 1.87 bits per heavy atom. The first-order chi connectivity index (χ1) is 19.0. The summed E-state index contributed by atoms with van der Waals surface area (Å²) in [6, 6.07) is 21.2. The number of likely N-dealkylation sites (tertiary alicyclic amines) is 1. The molecule has 3 aromatic carbocycles. The van der Waals surface area contributed by atoms with Gasteiger partial charge < -0.3 is 15.0 Å². The van der Waals surface area contributed by atoms with E-state index in [0.29, 0.717) is 0 Å². The zero-order valence-electron chi connectivity index (χ0n) is 22.5. The second-order valence-electron chi connectivity index (χ2n) is 11.5. The van der Waals surface area contributed by atoms with Gasteiger partial charge in [-0.3, -0.25) is 9.89 Å². The first-order valence-electron chi connectivity index (χ1n) is 14.0. The van der Waals surface area contributed by atoms with Gasteiger partial charge in [0.15, 0.2) is 0 Å². The minimum atomic E-state index is -0.500. The lowest BCUT2D eigenvalue weighted by molar-refractivity contribution is -0.118. The molecule has 39 heavy (non-hydrogen) atoms. The van der Waals surface area contributed by atoms with E-state index in [4.69, 9.17) is 4.74 Å². The van der Waals surface area contributed by atoms with Crippen LogP contribution in [-0.4, -0.2) is 48.3 Å². The summed E-state index contributed by atoms with van der Waals surface area (Å²) in [4.78, 5) is 15.5. The Labute approximate surface area is 229 Å². The molecule has 1 aliphatic carbocycles. The molecule has 4 aromatic rings. The predicted molar refractivity (Wildman–Crippen MR) is 156 cm³/mol. The Bertz CT molecular complexity index is 1580. The highest BCUT2D eigenvalue weighted by Crippen LogP contribution is 2.65. The lowest BCUT2D eigenvalue weighted by Crippen LogP contribution is -2.30. The number of benzene rings is 3. The number of carbonyl (C=O) groups is 1. The van der Waals surface area contributed by atoms with Crippen molar-refractivity contribution in [2.45, 2.75) is 37.0 Å². The van der Waals surface area contributed by atoms with Gasteiger partial charge >= 0.3 is 0 Å². The summed E-state index contributed by atoms with van der Waals surface area (Å²) in [6.45, 7) is 2.43. The summed E-state index contributed by atoms with van der Waals surface area (Å²) >= 11 is 0. The van der Waals surface area contributed by atoms with Crippen molar-refractivity contribution in [1.82, 2.24) is 15.1 Å². The minimum Gasteiger partial charge on any atom is -0.497 e. The number of nitrogens with one attached hydrogen (secondary N) is 2. The molecule has 2 N–H and O–H groups in total. The number of piperidine rings is 1. The van der Waals surface area contributed by atoms with Crippen molar-refractivity contribution >= 4 is 34.6 Å². The van der Waals surface area contributed by atoms with Gasteiger partial charge in [-0.05, 0) is 104 Å². The number of methoxy groups -OCH3 is 1. The van der Waals surface area contributed by atoms with Crippen LogP contribution in [0.25, 0.3) is 23.1 Å². The largest absolute Gasteiger partial charge is 0.497 e. The van der Waals surface area contributed by atoms with Gasteiger partial charge in [-0.15, -0.1) is 0 Å². The number of aromatic nitrogens is 2. The molecule has 1 saturated carbocycles. The van der Waals surface area contributed by atoms with E-state index in [0.717, 1.165) is 51.5 Å². The molecule has 0 bridgehead atoms. The van der Waals surface area contributed by atoms with E-state index in [1.165, 1.54) is 43.5 Å². The fourth-order valence-corrected chi connectivity index (χ4v) is 6.64. The third-order valence-corrected chi connectivity index (χ3v) is 9.12. The average molecular weight is 519 g/mol. The average Bonchev–Trinajstić information content (AvgIpc) is 3.50. The number of hydrogen-bond donors (Lipinski definition) is 2. The summed E-state index contributed by atoms with van der Waals surface area (Å²) in [6.07, 6.45) is 8.78. The van der Waals surface area contributed by atoms with Crippen molar-refractivity contribution in [2.24, 2.45) is 5.92 Å². The molecule has 1 saturated heterocycles. The smallest absolute Gasteiger partial charge is 0.235 e. The molecule has 0 radical (unpaired) electrons. The van der Waals surface area contributed by atoms with Gasteiger partial charge in [0.1, 0.15) is 5.75 Å². The molecular weight excluding hydrogens is 484 g/mol. The molecule has 3 heterocycles. The number of carbonyl (C=O) groups excluding carboxylic acids is 1. The van der Waals surface area contributed by atoms with E-state index in [9.17, 15) is 4.79 Å². The van der Waals surface area contributed by atoms with Crippen molar-refractivity contribution in [1.29, 1.82) is 0 Å². The maximum atomic E-state index is 13.0. The Balaban J connectivity index is 1.06. The van der Waals surface area contributed by atoms with Gasteiger partial charge in [0.05, 0.1) is 23.7 Å². The van der Waals surface area contributed by atoms with E-state index in [2.05, 4.69) is 82.1 Å². The highest BCUT2D eigenvalue weighted by Gasteiger charge is 2.65. The van der Waals surface area contributed by atoms with Gasteiger partial charge in [-0.25, -0.2) is 0 Å². The predicted octanol–water partition coefficient (Wildman–Crippen LogP) is 6.00. The molecule has 0 unspecified atom stereocenters. The van der Waals surface area contributed by atoms with Crippen molar-refractivity contribution in [3.63, 3.8) is 0 Å². The van der Waals surface area contributed by atoms with E-state index in [1.807, 2.05) is 18.2 Å². The van der Waals surface area contributed by atoms with E-state index in [1.54, 1.807) is 7.11 Å². The molecule has 1 amide bonds. The van der Waals surface area contributed by atoms with Crippen LogP contribution in [0.3, 0.4) is 0 Å². The fraction of sp³-hybridized carbons (Fsp3) is 0.333. The van der Waals surface area contributed by atoms with E-state index in [-0.39, 0.29) is 11.8 Å². The summed E-state index contributed by atoms with van der Waals surface area (Å²) in [7, 11) is 3.88. The maximum absolute atomic E-state index is 13.0. The quantitative estimate of drug-likeness (QED) is 0.328. The van der Waals surface area contributed by atoms with E-state index >= 15 is 0 Å². The molecular formula is C33H34N4O2. The zero-order valence-corrected chi connectivity index (χ0v) is 22.5. The molecule has 6 nitrogen and oxygen atoms in total. The number of nitrogens with zero attached hydrogens (tertiary/aromatic N) is 2. The van der Waals surface area contributed by atoms with Crippen molar-refractivity contribution < 1.29 is 9.53 Å². The molecule has 3 aliphatic rings. The summed E-state index contributed by atoms with van der Waals surface area (Å²) in [5.41, 5.74) is 7.12. The van der Waals surface area contributed by atoms with Crippen molar-refractivity contribution in [3.8, 4) is 5.75 Å². The highest BCUT2D eigenvalue weighted by atomic mass is 16.5. The number of hydrogen-bond acceptors (Lipinski definition) is 4. The number of rotatable bonds is 6. The number of fused-ring (bicyclic) bond motifs is 3. The highest BCUT2D eigenvalue weighted by molar-refractivity contribution is 6.10. The van der Waals surface area contributed by atoms with Crippen LogP contribution in [0.2, 0.25) is 0 Å². The fourth-order valence-electron chi connectivity index (χ4n) is 6.64. The number of H-pyrrole nitrogens is 1. The topological polar surface area (TPSA) is 70.2 Å². The molecule has 198 valence electrons. The molecule has 1 aromatic heterocycles. The standard InChI is InChI=1S/C33H34N4O2/c1-37-15-13-23(14-16-37)17-22-5-3-21(4-6-22)7-11-29-26-10-8-24(18-31(26)36-35-29)28-20-33(28)27-19-25(39-2)9-12-30(27)34-32(33)38/h3-12,18-19,23,28H,13-17,20H2,1-2H3,(H,34,38)(H,35,36)/t28-,33-/m0/s1. The molecule has 7 rings (SSSR count). The number of amides is 1. The van der Waals surface area contributed by atoms with Crippen molar-refractivity contribution in [3.05, 3.63) is 88.6 Å². The van der Waals surface area contributed by atoms with Crippen LogP contribution in [0.15, 0.2) is 60.7 Å². The minimum absolute atomic E-state index is 0.0847. The van der Waals surface area contributed by atoms with E-state index < -0.39 is 5.41 Å². The second-order valence-corrected chi connectivity index (χ2v) is 11.5. The monoisotopic (exact) mass is 518 g/mol. The first-order valence-corrected chi connectivity index (χ1v) is 14.0. The number of ether oxygens (including phenoxy) is 1. The number of anilines is 1. The van der Waals surface area contributed by atoms with Crippen LogP contribution in [0.5, 0.6) is 5.75 Å². The zero-order chi connectivity index (χ0) is 26.6. The van der Waals surface area contributed by atoms with Crippen LogP contribution in [0.1, 0.15) is 53.1 Å². The Kier molecular flexibility index (Phi) is 5.81. The van der Waals surface area contributed by atoms with Gasteiger partial charge in [0, 0.05) is 17.0 Å². The molecule has 6 heteroatoms. The maximum Gasteiger partial charge on any atom is 0.235 e. The Morgan fingerprint density at radius 3 is 2.67 bits per heavy atom. The van der Waals surface area contributed by atoms with Crippen molar-refractivity contribution in [2.75, 3.05) is 32.6 Å². The van der Waals surface area contributed by atoms with Gasteiger partial charge in [-0.2, -0.15) is 5.10 Å². The lowest BCUT2D eigenvalue weighted by atomic mass is 9.90. The number of aromatic amines is 1. The third kappa shape index (κ3) is 4.23.